The molecule has 4 aromatic carbocycles. The first kappa shape index (κ1) is 33.1. The molecular formula is C26H21Cl4PTi. The van der Waals surface area contributed by atoms with Gasteiger partial charge in [-0.2, -0.15) is 0 Å². The third-order valence-corrected chi connectivity index (χ3v) is 6.94. The van der Waals surface area contributed by atoms with Crippen LogP contribution < -0.4 is 60.2 Å². The van der Waals surface area contributed by atoms with Crippen molar-refractivity contribution < 1.29 is 71.3 Å². The molecule has 0 radical (unpaired) electrons. The third kappa shape index (κ3) is 8.70. The van der Waals surface area contributed by atoms with Crippen LogP contribution in [0, 0.1) is 0 Å². The Morgan fingerprint density at radius 1 is 0.469 bits per heavy atom. The fourth-order valence-corrected chi connectivity index (χ4v) is 5.65. The molecule has 6 heteroatoms. The summed E-state index contributed by atoms with van der Waals surface area (Å²) in [4.78, 5) is 0. The average molecular weight is 554 g/mol. The van der Waals surface area contributed by atoms with Crippen LogP contribution in [0.4, 0.5) is 0 Å². The molecule has 0 saturated carbocycles. The van der Waals surface area contributed by atoms with E-state index in [4.69, 9.17) is 0 Å². The first-order valence-corrected chi connectivity index (χ1v) is 10.5. The van der Waals surface area contributed by atoms with Crippen LogP contribution in [0.1, 0.15) is 11.1 Å². The minimum Gasteiger partial charge on any atom is -1.00 e. The molecule has 0 amide bonds. The van der Waals surface area contributed by atoms with Crippen LogP contribution in [0.3, 0.4) is 0 Å². The van der Waals surface area contributed by atoms with Gasteiger partial charge in [0.25, 0.3) is 0 Å². The second kappa shape index (κ2) is 17.4. The van der Waals surface area contributed by atoms with Crippen molar-refractivity contribution in [3.63, 3.8) is 0 Å². The summed E-state index contributed by atoms with van der Waals surface area (Å²) >= 11 is 0. The SMILES string of the molecule is C(=C(c1ccccc1)P(c1ccccc1)c1ccccc1)c1ccccc1.[Cl-].[Cl-].[Cl-].[Cl-].[Ti+4]. The predicted molar refractivity (Wildman–Crippen MR) is 120 cm³/mol. The largest absolute Gasteiger partial charge is 4.00 e. The van der Waals surface area contributed by atoms with Crippen LogP contribution in [-0.4, -0.2) is 0 Å². The number of hydrogen-bond donors (Lipinski definition) is 0. The molecule has 4 rings (SSSR count). The van der Waals surface area contributed by atoms with Crippen LogP contribution in [-0.2, 0) is 21.7 Å². The van der Waals surface area contributed by atoms with Crippen molar-refractivity contribution >= 4 is 29.9 Å². The second-order valence-corrected chi connectivity index (χ2v) is 8.50. The van der Waals surface area contributed by atoms with Crippen LogP contribution in [0.15, 0.2) is 121 Å². The molecule has 0 saturated heterocycles. The van der Waals surface area contributed by atoms with Crippen molar-refractivity contribution in [2.24, 2.45) is 0 Å². The topological polar surface area (TPSA) is 0 Å². The van der Waals surface area contributed by atoms with Gasteiger partial charge in [-0.3, -0.25) is 0 Å². The molecule has 0 nitrogen and oxygen atoms in total. The molecule has 0 N–H and O–H groups in total. The van der Waals surface area contributed by atoms with Gasteiger partial charge in [0.2, 0.25) is 0 Å². The summed E-state index contributed by atoms with van der Waals surface area (Å²) in [7, 11) is -0.653. The van der Waals surface area contributed by atoms with E-state index in [0.717, 1.165) is 0 Å². The molecule has 0 aliphatic carbocycles. The maximum absolute atomic E-state index is 2.35. The van der Waals surface area contributed by atoms with Crippen LogP contribution in [0.25, 0.3) is 11.4 Å². The number of benzene rings is 4. The maximum atomic E-state index is 2.35. The Morgan fingerprint density at radius 2 is 0.812 bits per heavy atom. The van der Waals surface area contributed by atoms with E-state index in [1.807, 2.05) is 0 Å². The van der Waals surface area contributed by atoms with E-state index in [-0.39, 0.29) is 71.3 Å². The molecular weight excluding hydrogens is 533 g/mol. The summed E-state index contributed by atoms with van der Waals surface area (Å²) in [5.41, 5.74) is 2.51. The Hall–Kier alpha value is -1.08. The Labute approximate surface area is 232 Å². The summed E-state index contributed by atoms with van der Waals surface area (Å²) in [5, 5.41) is 4.10. The summed E-state index contributed by atoms with van der Waals surface area (Å²) in [6.45, 7) is 0. The average Bonchev–Trinajstić information content (AvgIpc) is 2.76. The monoisotopic (exact) mass is 552 g/mol. The van der Waals surface area contributed by atoms with Gasteiger partial charge >= 0.3 is 21.7 Å². The molecule has 0 aromatic heterocycles. The van der Waals surface area contributed by atoms with E-state index >= 15 is 0 Å². The standard InChI is InChI=1S/C26H21P.4ClH.Ti/c1-5-13-22(14-6-1)21-26(23-15-7-2-8-16-23)27(24-17-9-3-10-18-24)25-19-11-4-12-20-25;;;;;/h1-21H;4*1H;/q;;;;;+4/p-4. The van der Waals surface area contributed by atoms with Gasteiger partial charge in [0.05, 0.1) is 0 Å². The van der Waals surface area contributed by atoms with Crippen molar-refractivity contribution in [1.82, 2.24) is 0 Å². The Balaban J connectivity index is 0. The normalized spacial score (nSPS) is 9.72. The van der Waals surface area contributed by atoms with E-state index in [2.05, 4.69) is 127 Å². The Bertz CT molecular complexity index is 975. The number of rotatable bonds is 5. The minimum absolute atomic E-state index is 0. The summed E-state index contributed by atoms with van der Waals surface area (Å²) in [5.74, 6) is 0. The molecule has 4 aromatic rings. The molecule has 32 heavy (non-hydrogen) atoms. The summed E-state index contributed by atoms with van der Waals surface area (Å²) in [6, 6.07) is 43.1. The first-order valence-electron chi connectivity index (χ1n) is 9.14. The number of halogens is 4. The fourth-order valence-electron chi connectivity index (χ4n) is 3.17. The second-order valence-electron chi connectivity index (χ2n) is 6.31. The van der Waals surface area contributed by atoms with Gasteiger partial charge in [0, 0.05) is 0 Å². The molecule has 0 atom stereocenters. The number of hydrogen-bond acceptors (Lipinski definition) is 0. The van der Waals surface area contributed by atoms with Gasteiger partial charge in [-0.25, -0.2) is 0 Å². The zero-order valence-corrected chi connectivity index (χ0v) is 22.6. The van der Waals surface area contributed by atoms with E-state index < -0.39 is 7.92 Å². The first-order chi connectivity index (χ1) is 13.4. The zero-order valence-electron chi connectivity index (χ0n) is 17.1. The van der Waals surface area contributed by atoms with Gasteiger partial charge in [0.15, 0.2) is 0 Å². The fraction of sp³-hybridized carbons (Fsp3) is 0. The molecule has 162 valence electrons. The molecule has 0 heterocycles. The quantitative estimate of drug-likeness (QED) is 0.131. The van der Waals surface area contributed by atoms with Crippen LogP contribution in [0.5, 0.6) is 0 Å². The van der Waals surface area contributed by atoms with Gasteiger partial charge in [0.1, 0.15) is 0 Å². The molecule has 0 aliphatic heterocycles. The van der Waals surface area contributed by atoms with Gasteiger partial charge < -0.3 is 49.6 Å². The molecule has 0 aliphatic rings. The molecule has 0 bridgehead atoms. The Morgan fingerprint density at radius 3 is 1.22 bits per heavy atom. The van der Waals surface area contributed by atoms with Crippen molar-refractivity contribution in [3.05, 3.63) is 132 Å². The van der Waals surface area contributed by atoms with Gasteiger partial charge in [-0.1, -0.05) is 121 Å². The molecule has 0 spiro atoms. The summed E-state index contributed by atoms with van der Waals surface area (Å²) < 4.78 is 0. The minimum atomic E-state index is -0.653. The Kier molecular flexibility index (Phi) is 18.0. The van der Waals surface area contributed by atoms with E-state index in [1.165, 1.54) is 27.1 Å². The van der Waals surface area contributed by atoms with E-state index in [9.17, 15) is 0 Å². The van der Waals surface area contributed by atoms with E-state index in [1.54, 1.807) is 0 Å². The van der Waals surface area contributed by atoms with Crippen molar-refractivity contribution in [1.29, 1.82) is 0 Å². The van der Waals surface area contributed by atoms with Crippen molar-refractivity contribution in [3.8, 4) is 0 Å². The zero-order chi connectivity index (χ0) is 18.3. The molecule has 0 fully saturated rings. The van der Waals surface area contributed by atoms with Crippen molar-refractivity contribution in [2.45, 2.75) is 0 Å². The van der Waals surface area contributed by atoms with Crippen molar-refractivity contribution in [2.75, 3.05) is 0 Å². The van der Waals surface area contributed by atoms with Gasteiger partial charge in [-0.05, 0) is 41.0 Å². The van der Waals surface area contributed by atoms with E-state index in [0.29, 0.717) is 0 Å². The van der Waals surface area contributed by atoms with Crippen LogP contribution in [0.2, 0.25) is 0 Å². The third-order valence-electron chi connectivity index (χ3n) is 4.44. The predicted octanol–water partition coefficient (Wildman–Crippen LogP) is -5.67. The smallest absolute Gasteiger partial charge is 1.00 e. The maximum Gasteiger partial charge on any atom is 4.00 e. The molecule has 0 unspecified atom stereocenters. The summed E-state index contributed by atoms with van der Waals surface area (Å²) in [6.07, 6.45) is 2.35. The van der Waals surface area contributed by atoms with Crippen LogP contribution >= 0.6 is 7.92 Å². The van der Waals surface area contributed by atoms with Gasteiger partial charge in [-0.15, -0.1) is 0 Å².